The first-order valence-electron chi connectivity index (χ1n) is 9.13. The van der Waals surface area contributed by atoms with E-state index in [0.29, 0.717) is 17.9 Å². The van der Waals surface area contributed by atoms with Crippen molar-refractivity contribution in [2.75, 3.05) is 22.6 Å². The van der Waals surface area contributed by atoms with E-state index in [9.17, 15) is 14.4 Å². The zero-order chi connectivity index (χ0) is 20.3. The Morgan fingerprint density at radius 3 is 2.36 bits per heavy atom. The third-order valence-electron chi connectivity index (χ3n) is 4.61. The van der Waals surface area contributed by atoms with E-state index in [2.05, 4.69) is 16.0 Å². The molecule has 0 aromatic heterocycles. The quantitative estimate of drug-likeness (QED) is 0.691. The van der Waals surface area contributed by atoms with Crippen molar-refractivity contribution in [3.8, 4) is 0 Å². The third-order valence-corrected chi connectivity index (χ3v) is 4.61. The van der Waals surface area contributed by atoms with Gasteiger partial charge >= 0.3 is 5.97 Å². The predicted molar refractivity (Wildman–Crippen MR) is 108 cm³/mol. The summed E-state index contributed by atoms with van der Waals surface area (Å²) in [4.78, 5) is 36.3. The van der Waals surface area contributed by atoms with Gasteiger partial charge in [-0.25, -0.2) is 4.79 Å². The lowest BCUT2D eigenvalue weighted by Crippen LogP contribution is -2.41. The minimum absolute atomic E-state index is 0.0160. The van der Waals surface area contributed by atoms with Crippen LogP contribution in [-0.4, -0.2) is 30.4 Å². The van der Waals surface area contributed by atoms with Gasteiger partial charge in [0, 0.05) is 5.69 Å². The Bertz CT molecular complexity index is 922. The van der Waals surface area contributed by atoms with Gasteiger partial charge in [0.15, 0.2) is 0 Å². The molecule has 1 heterocycles. The maximum atomic E-state index is 12.4. The minimum Gasteiger partial charge on any atom is -0.462 e. The molecule has 2 aromatic rings. The van der Waals surface area contributed by atoms with Crippen molar-refractivity contribution in [1.82, 2.24) is 0 Å². The second-order valence-electron chi connectivity index (χ2n) is 6.72. The van der Waals surface area contributed by atoms with Crippen molar-refractivity contribution in [3.05, 3.63) is 53.1 Å². The topological polar surface area (TPSA) is 96.5 Å². The average Bonchev–Trinajstić information content (AvgIpc) is 2.65. The van der Waals surface area contributed by atoms with Crippen molar-refractivity contribution in [1.29, 1.82) is 0 Å². The zero-order valence-electron chi connectivity index (χ0n) is 16.1. The van der Waals surface area contributed by atoms with Gasteiger partial charge in [-0.05, 0) is 68.3 Å². The highest BCUT2D eigenvalue weighted by atomic mass is 16.5. The van der Waals surface area contributed by atoms with E-state index >= 15 is 0 Å². The van der Waals surface area contributed by atoms with E-state index in [1.54, 1.807) is 31.2 Å². The number of amides is 2. The number of anilines is 3. The molecule has 7 nitrogen and oxygen atoms in total. The molecule has 1 aliphatic rings. The van der Waals surface area contributed by atoms with Gasteiger partial charge in [0.25, 0.3) is 0 Å². The summed E-state index contributed by atoms with van der Waals surface area (Å²) in [5.74, 6) is -0.958. The summed E-state index contributed by atoms with van der Waals surface area (Å²) in [6.07, 6.45) is -0.0160. The molecule has 0 saturated carbocycles. The molecule has 28 heavy (non-hydrogen) atoms. The maximum Gasteiger partial charge on any atom is 0.338 e. The first-order valence-corrected chi connectivity index (χ1v) is 9.13. The average molecular weight is 381 g/mol. The number of esters is 1. The number of aryl methyl sites for hydroxylation is 2. The van der Waals surface area contributed by atoms with Gasteiger partial charge in [0.2, 0.25) is 11.8 Å². The van der Waals surface area contributed by atoms with Crippen LogP contribution in [0.1, 0.15) is 34.8 Å². The lowest BCUT2D eigenvalue weighted by molar-refractivity contribution is -0.122. The van der Waals surface area contributed by atoms with E-state index < -0.39 is 12.0 Å². The predicted octanol–water partition coefficient (Wildman–Crippen LogP) is 3.24. The van der Waals surface area contributed by atoms with Crippen LogP contribution in [0.15, 0.2) is 36.4 Å². The summed E-state index contributed by atoms with van der Waals surface area (Å²) in [7, 11) is 0. The molecule has 2 aromatic carbocycles. The second kappa shape index (κ2) is 8.12. The molecular formula is C21H23N3O4. The third kappa shape index (κ3) is 4.31. The first-order chi connectivity index (χ1) is 13.4. The minimum atomic E-state index is -0.659. The molecule has 3 N–H and O–H groups in total. The van der Waals surface area contributed by atoms with Crippen LogP contribution in [0.5, 0.6) is 0 Å². The number of fused-ring (bicyclic) bond motifs is 1. The van der Waals surface area contributed by atoms with Gasteiger partial charge in [0.05, 0.1) is 30.0 Å². The van der Waals surface area contributed by atoms with E-state index in [1.807, 2.05) is 26.0 Å². The number of hydrogen-bond donors (Lipinski definition) is 3. The Hall–Kier alpha value is -3.35. The van der Waals surface area contributed by atoms with Crippen LogP contribution >= 0.6 is 0 Å². The number of nitrogens with one attached hydrogen (secondary N) is 3. The van der Waals surface area contributed by atoms with Crippen molar-refractivity contribution < 1.29 is 19.1 Å². The van der Waals surface area contributed by atoms with Gasteiger partial charge < -0.3 is 20.7 Å². The number of carbonyl (C=O) groups excluding carboxylic acids is 3. The summed E-state index contributed by atoms with van der Waals surface area (Å²) in [5.41, 5.74) is 4.67. The molecule has 0 saturated heterocycles. The molecule has 3 rings (SSSR count). The lowest BCUT2D eigenvalue weighted by atomic mass is 10.0. The molecule has 1 aliphatic heterocycles. The van der Waals surface area contributed by atoms with Crippen LogP contribution in [0, 0.1) is 13.8 Å². The van der Waals surface area contributed by atoms with E-state index in [4.69, 9.17) is 4.74 Å². The molecule has 146 valence electrons. The summed E-state index contributed by atoms with van der Waals surface area (Å²) >= 11 is 0. The van der Waals surface area contributed by atoms with E-state index in [0.717, 1.165) is 22.5 Å². The molecular weight excluding hydrogens is 358 g/mol. The second-order valence-corrected chi connectivity index (χ2v) is 6.72. The number of benzene rings is 2. The Morgan fingerprint density at radius 2 is 1.71 bits per heavy atom. The van der Waals surface area contributed by atoms with Gasteiger partial charge in [-0.1, -0.05) is 0 Å². The van der Waals surface area contributed by atoms with E-state index in [1.165, 1.54) is 0 Å². The smallest absolute Gasteiger partial charge is 0.338 e. The number of carbonyl (C=O) groups is 3. The number of rotatable bonds is 5. The first kappa shape index (κ1) is 19.4. The highest BCUT2D eigenvalue weighted by Gasteiger charge is 2.28. The van der Waals surface area contributed by atoms with Crippen molar-refractivity contribution >= 4 is 34.8 Å². The molecule has 0 aliphatic carbocycles. The van der Waals surface area contributed by atoms with Crippen LogP contribution in [0.4, 0.5) is 17.1 Å². The van der Waals surface area contributed by atoms with Crippen molar-refractivity contribution in [3.63, 3.8) is 0 Å². The van der Waals surface area contributed by atoms with Crippen LogP contribution in [-0.2, 0) is 14.3 Å². The molecule has 1 atom stereocenters. The molecule has 0 fully saturated rings. The fraction of sp³-hybridized carbons (Fsp3) is 0.286. The lowest BCUT2D eigenvalue weighted by Gasteiger charge is -2.27. The Balaban J connectivity index is 1.62. The fourth-order valence-electron chi connectivity index (χ4n) is 2.96. The summed E-state index contributed by atoms with van der Waals surface area (Å²) in [6, 6.07) is 9.63. The fourth-order valence-corrected chi connectivity index (χ4v) is 2.96. The molecule has 2 amide bonds. The monoisotopic (exact) mass is 381 g/mol. The maximum absolute atomic E-state index is 12.4. The van der Waals surface area contributed by atoms with E-state index in [-0.39, 0.29) is 18.2 Å². The summed E-state index contributed by atoms with van der Waals surface area (Å²) in [6.45, 7) is 6.02. The van der Waals surface area contributed by atoms with Crippen LogP contribution in [0.3, 0.4) is 0 Å². The Kier molecular flexibility index (Phi) is 5.63. The Morgan fingerprint density at radius 1 is 1.07 bits per heavy atom. The summed E-state index contributed by atoms with van der Waals surface area (Å²) < 4.78 is 4.93. The van der Waals surface area contributed by atoms with Gasteiger partial charge in [-0.2, -0.15) is 0 Å². The van der Waals surface area contributed by atoms with Crippen LogP contribution in [0.2, 0.25) is 0 Å². The van der Waals surface area contributed by atoms with Crippen LogP contribution in [0.25, 0.3) is 0 Å². The summed E-state index contributed by atoms with van der Waals surface area (Å²) in [5, 5.41) is 8.72. The molecule has 0 bridgehead atoms. The highest BCUT2D eigenvalue weighted by molar-refractivity contribution is 6.06. The van der Waals surface area contributed by atoms with Crippen molar-refractivity contribution in [2.45, 2.75) is 33.2 Å². The van der Waals surface area contributed by atoms with Crippen molar-refractivity contribution in [2.24, 2.45) is 0 Å². The normalized spacial score (nSPS) is 15.1. The molecule has 7 heteroatoms. The molecule has 0 unspecified atom stereocenters. The number of hydrogen-bond acceptors (Lipinski definition) is 5. The largest absolute Gasteiger partial charge is 0.462 e. The Labute approximate surface area is 163 Å². The SMILES string of the molecule is CCOC(=O)c1ccc(NC(=O)C[C@@H]2Nc3cc(C)c(C)cc3NC2=O)cc1. The molecule has 0 radical (unpaired) electrons. The molecule has 0 spiro atoms. The standard InChI is InChI=1S/C21H23N3O4/c1-4-28-21(27)14-5-7-15(8-6-14)22-19(25)11-18-20(26)24-17-10-13(3)12(2)9-16(17)23-18/h5-10,18,23H,4,11H2,1-3H3,(H,22,25)(H,24,26)/t18-/m0/s1. The highest BCUT2D eigenvalue weighted by Crippen LogP contribution is 2.30. The van der Waals surface area contributed by atoms with Crippen LogP contribution < -0.4 is 16.0 Å². The van der Waals surface area contributed by atoms with Gasteiger partial charge in [-0.3, -0.25) is 9.59 Å². The zero-order valence-corrected chi connectivity index (χ0v) is 16.1. The van der Waals surface area contributed by atoms with Gasteiger partial charge in [0.1, 0.15) is 6.04 Å². The number of ether oxygens (including phenoxy) is 1. The van der Waals surface area contributed by atoms with Gasteiger partial charge in [-0.15, -0.1) is 0 Å².